The van der Waals surface area contributed by atoms with Gasteiger partial charge in [0, 0.05) is 25.1 Å². The molecule has 2 heterocycles. The van der Waals surface area contributed by atoms with Crippen LogP contribution in [0.4, 0.5) is 0 Å². The molecule has 2 N–H and O–H groups in total. The fourth-order valence-electron chi connectivity index (χ4n) is 2.08. The lowest BCUT2D eigenvalue weighted by atomic mass is 10.1. The Labute approximate surface area is 127 Å². The van der Waals surface area contributed by atoms with Crippen molar-refractivity contribution in [2.45, 2.75) is 32.1 Å². The van der Waals surface area contributed by atoms with Gasteiger partial charge in [0.2, 0.25) is 0 Å². The molecule has 21 heavy (non-hydrogen) atoms. The van der Waals surface area contributed by atoms with E-state index >= 15 is 0 Å². The highest BCUT2D eigenvalue weighted by Gasteiger charge is 2.19. The molecule has 0 aliphatic rings. The number of hydrogen-bond acceptors (Lipinski definition) is 5. The molecule has 0 bridgehead atoms. The van der Waals surface area contributed by atoms with Gasteiger partial charge in [0.15, 0.2) is 0 Å². The number of hydrogen-bond donors (Lipinski definition) is 2. The summed E-state index contributed by atoms with van der Waals surface area (Å²) >= 11 is 1.38. The summed E-state index contributed by atoms with van der Waals surface area (Å²) < 4.78 is 10.2. The monoisotopic (exact) mass is 309 g/mol. The molecule has 0 saturated heterocycles. The molecule has 5 nitrogen and oxygen atoms in total. The van der Waals surface area contributed by atoms with E-state index in [-0.39, 0.29) is 11.9 Å². The van der Waals surface area contributed by atoms with Crippen molar-refractivity contribution in [1.82, 2.24) is 5.32 Å². The summed E-state index contributed by atoms with van der Waals surface area (Å²) in [6.07, 6.45) is 1.19. The number of thiophene rings is 1. The topological polar surface area (TPSA) is 71.7 Å². The first-order chi connectivity index (χ1) is 10.1. The normalized spacial score (nSPS) is 13.9. The van der Waals surface area contributed by atoms with Crippen LogP contribution in [0.2, 0.25) is 0 Å². The second kappa shape index (κ2) is 7.40. The highest BCUT2D eigenvalue weighted by molar-refractivity contribution is 7.12. The summed E-state index contributed by atoms with van der Waals surface area (Å²) in [6, 6.07) is 5.15. The summed E-state index contributed by atoms with van der Waals surface area (Å²) in [4.78, 5) is 12.9. The number of nitrogens with one attached hydrogen (secondary N) is 1. The van der Waals surface area contributed by atoms with Crippen molar-refractivity contribution in [3.8, 4) is 0 Å². The summed E-state index contributed by atoms with van der Waals surface area (Å²) in [7, 11) is 1.60. The Morgan fingerprint density at radius 3 is 3.00 bits per heavy atom. The molecule has 2 aromatic rings. The van der Waals surface area contributed by atoms with Crippen molar-refractivity contribution in [3.63, 3.8) is 0 Å². The van der Waals surface area contributed by atoms with Gasteiger partial charge in [0.1, 0.15) is 11.9 Å². The van der Waals surface area contributed by atoms with E-state index in [0.29, 0.717) is 23.7 Å². The van der Waals surface area contributed by atoms with Crippen LogP contribution < -0.4 is 5.32 Å². The number of methoxy groups -OCH3 is 1. The van der Waals surface area contributed by atoms with E-state index in [4.69, 9.17) is 9.15 Å². The lowest BCUT2D eigenvalue weighted by Gasteiger charge is -2.16. The van der Waals surface area contributed by atoms with Crippen LogP contribution in [0.25, 0.3) is 0 Å². The molecule has 2 rings (SSSR count). The molecule has 2 unspecified atom stereocenters. The van der Waals surface area contributed by atoms with Crippen molar-refractivity contribution in [2.24, 2.45) is 0 Å². The Kier molecular flexibility index (Phi) is 5.55. The van der Waals surface area contributed by atoms with Crippen molar-refractivity contribution in [3.05, 3.63) is 46.0 Å². The average Bonchev–Trinajstić information content (AvgIpc) is 3.09. The summed E-state index contributed by atoms with van der Waals surface area (Å²) in [6.45, 7) is 2.27. The van der Waals surface area contributed by atoms with Crippen LogP contribution in [0.15, 0.2) is 34.3 Å². The molecule has 2 atom stereocenters. The van der Waals surface area contributed by atoms with Gasteiger partial charge in [-0.3, -0.25) is 4.79 Å². The van der Waals surface area contributed by atoms with Crippen LogP contribution in [0.5, 0.6) is 0 Å². The van der Waals surface area contributed by atoms with Gasteiger partial charge in [-0.15, -0.1) is 11.3 Å². The zero-order valence-electron chi connectivity index (χ0n) is 12.0. The Balaban J connectivity index is 1.91. The smallest absolute Gasteiger partial charge is 0.261 e. The number of aliphatic hydroxyl groups is 1. The molecule has 0 fully saturated rings. The van der Waals surface area contributed by atoms with Gasteiger partial charge >= 0.3 is 0 Å². The van der Waals surface area contributed by atoms with Crippen LogP contribution in [0.3, 0.4) is 0 Å². The predicted octanol–water partition coefficient (Wildman–Crippen LogP) is 2.73. The Hall–Kier alpha value is -1.63. The van der Waals surface area contributed by atoms with Gasteiger partial charge in [-0.1, -0.05) is 0 Å². The second-order valence-electron chi connectivity index (χ2n) is 4.85. The second-order valence-corrected chi connectivity index (χ2v) is 5.77. The predicted molar refractivity (Wildman–Crippen MR) is 80.2 cm³/mol. The molecule has 0 aliphatic heterocycles. The van der Waals surface area contributed by atoms with Gasteiger partial charge in [-0.25, -0.2) is 0 Å². The first kappa shape index (κ1) is 15.8. The number of carbonyl (C=O) groups excluding carboxylic acids is 1. The number of furan rings is 1. The molecule has 0 aromatic carbocycles. The maximum Gasteiger partial charge on any atom is 0.261 e. The summed E-state index contributed by atoms with van der Waals surface area (Å²) in [5, 5.41) is 14.8. The van der Waals surface area contributed by atoms with Crippen LogP contribution in [-0.2, 0) is 11.3 Å². The van der Waals surface area contributed by atoms with E-state index < -0.39 is 6.10 Å². The Morgan fingerprint density at radius 2 is 2.33 bits per heavy atom. The third-order valence-corrected chi connectivity index (χ3v) is 4.03. The lowest BCUT2D eigenvalue weighted by Crippen LogP contribution is -2.33. The van der Waals surface area contributed by atoms with E-state index in [2.05, 4.69) is 5.32 Å². The SMILES string of the molecule is COCc1ccsc1C(=O)NC(C)CC(O)c1ccco1. The van der Waals surface area contributed by atoms with E-state index in [1.165, 1.54) is 17.6 Å². The maximum atomic E-state index is 12.2. The van der Waals surface area contributed by atoms with Gasteiger partial charge in [-0.2, -0.15) is 0 Å². The van der Waals surface area contributed by atoms with E-state index in [9.17, 15) is 9.90 Å². The number of ether oxygens (including phenoxy) is 1. The first-order valence-corrected chi connectivity index (χ1v) is 7.57. The van der Waals surface area contributed by atoms with E-state index in [0.717, 1.165) is 5.56 Å². The molecule has 6 heteroatoms. The molecule has 1 amide bonds. The minimum Gasteiger partial charge on any atom is -0.467 e. The number of carbonyl (C=O) groups is 1. The number of aliphatic hydroxyl groups excluding tert-OH is 1. The molecular formula is C15H19NO4S. The molecule has 0 aliphatic carbocycles. The third-order valence-electron chi connectivity index (χ3n) is 3.08. The molecular weight excluding hydrogens is 290 g/mol. The molecule has 0 saturated carbocycles. The van der Waals surface area contributed by atoms with Crippen LogP contribution in [0, 0.1) is 0 Å². The maximum absolute atomic E-state index is 12.2. The van der Waals surface area contributed by atoms with Crippen LogP contribution in [0.1, 0.15) is 40.4 Å². The minimum absolute atomic E-state index is 0.142. The van der Waals surface area contributed by atoms with Crippen molar-refractivity contribution in [1.29, 1.82) is 0 Å². The fraction of sp³-hybridized carbons (Fsp3) is 0.400. The van der Waals surface area contributed by atoms with E-state index in [1.54, 1.807) is 19.2 Å². The number of amides is 1. The zero-order chi connectivity index (χ0) is 15.2. The average molecular weight is 309 g/mol. The zero-order valence-corrected chi connectivity index (χ0v) is 12.9. The third kappa shape index (κ3) is 4.17. The van der Waals surface area contributed by atoms with Gasteiger partial charge in [0.05, 0.1) is 17.7 Å². The number of rotatable bonds is 7. The Morgan fingerprint density at radius 1 is 1.52 bits per heavy atom. The summed E-state index contributed by atoms with van der Waals surface area (Å²) in [5.41, 5.74) is 0.874. The molecule has 114 valence electrons. The van der Waals surface area contributed by atoms with Crippen LogP contribution in [-0.4, -0.2) is 24.2 Å². The van der Waals surface area contributed by atoms with Crippen molar-refractivity contribution >= 4 is 17.2 Å². The minimum atomic E-state index is -0.725. The first-order valence-electron chi connectivity index (χ1n) is 6.69. The quantitative estimate of drug-likeness (QED) is 0.825. The van der Waals surface area contributed by atoms with E-state index in [1.807, 2.05) is 18.4 Å². The van der Waals surface area contributed by atoms with Gasteiger partial charge < -0.3 is 19.6 Å². The standard InChI is InChI=1S/C15H19NO4S/c1-10(8-12(17)13-4-3-6-20-13)16-15(18)14-11(9-19-2)5-7-21-14/h3-7,10,12,17H,8-9H2,1-2H3,(H,16,18). The lowest BCUT2D eigenvalue weighted by molar-refractivity contribution is 0.0903. The van der Waals surface area contributed by atoms with Crippen molar-refractivity contribution in [2.75, 3.05) is 7.11 Å². The highest BCUT2D eigenvalue weighted by Crippen LogP contribution is 2.20. The van der Waals surface area contributed by atoms with Crippen molar-refractivity contribution < 1.29 is 19.1 Å². The molecule has 0 spiro atoms. The van der Waals surface area contributed by atoms with Gasteiger partial charge in [0.25, 0.3) is 5.91 Å². The van der Waals surface area contributed by atoms with Gasteiger partial charge in [-0.05, 0) is 30.5 Å². The molecule has 0 radical (unpaired) electrons. The van der Waals surface area contributed by atoms with Crippen LogP contribution >= 0.6 is 11.3 Å². The highest BCUT2D eigenvalue weighted by atomic mass is 32.1. The fourth-order valence-corrected chi connectivity index (χ4v) is 2.90. The molecule has 2 aromatic heterocycles. The summed E-state index contributed by atoms with van der Waals surface area (Å²) in [5.74, 6) is 0.364. The largest absolute Gasteiger partial charge is 0.467 e. The Bertz CT molecular complexity index is 564.